The van der Waals surface area contributed by atoms with Gasteiger partial charge >= 0.3 is 0 Å². The smallest absolute Gasteiger partial charge is 0.159 e. The number of likely N-dealkylation sites (tertiary alicyclic amines) is 1. The van der Waals surface area contributed by atoms with Crippen molar-refractivity contribution in [2.24, 2.45) is 5.92 Å². The van der Waals surface area contributed by atoms with Crippen LogP contribution in [-0.2, 0) is 17.8 Å². The topological polar surface area (TPSA) is 70.7 Å². The maximum Gasteiger partial charge on any atom is 0.159 e. The number of nitrogens with zero attached hydrogens (tertiary/aromatic N) is 4. The Balaban J connectivity index is 0.00000205. The first-order valence-corrected chi connectivity index (χ1v) is 10.0. The molecule has 3 heterocycles. The molecule has 0 radical (unpaired) electrons. The Kier molecular flexibility index (Phi) is 5.48. The molecule has 1 N–H and O–H groups in total. The van der Waals surface area contributed by atoms with E-state index in [2.05, 4.69) is 39.2 Å². The van der Waals surface area contributed by atoms with Gasteiger partial charge in [-0.05, 0) is 37.0 Å². The van der Waals surface area contributed by atoms with E-state index in [9.17, 15) is 9.90 Å². The van der Waals surface area contributed by atoms with Crippen molar-refractivity contribution < 1.29 is 9.90 Å². The van der Waals surface area contributed by atoms with Crippen LogP contribution in [0.2, 0.25) is 0 Å². The fourth-order valence-electron chi connectivity index (χ4n) is 3.94. The summed E-state index contributed by atoms with van der Waals surface area (Å²) in [6.45, 7) is 2.56. The molecule has 1 saturated carbocycles. The number of hydrogen-bond donors (Lipinski definition) is 1. The summed E-state index contributed by atoms with van der Waals surface area (Å²) in [4.78, 5) is 18.9. The predicted octanol–water partition coefficient (Wildman–Crippen LogP) is 3.12. The molecule has 0 amide bonds. The molecule has 152 valence electrons. The third kappa shape index (κ3) is 4.23. The van der Waals surface area contributed by atoms with E-state index in [0.717, 1.165) is 55.8 Å². The number of fused-ring (bicyclic) bond motifs is 1. The second-order valence-corrected chi connectivity index (χ2v) is 8.00. The summed E-state index contributed by atoms with van der Waals surface area (Å²) in [6.07, 6.45) is 3.02. The number of ketones is 1. The number of aliphatic hydroxyl groups is 1. The van der Waals surface area contributed by atoms with Crippen LogP contribution in [0.15, 0.2) is 42.5 Å². The average molecular weight is 393 g/mol. The van der Waals surface area contributed by atoms with Gasteiger partial charge in [-0.1, -0.05) is 37.8 Å². The van der Waals surface area contributed by atoms with E-state index < -0.39 is 0 Å². The lowest BCUT2D eigenvalue weighted by Crippen LogP contribution is -2.21. The molecule has 0 unspecified atom stereocenters. The van der Waals surface area contributed by atoms with E-state index in [1.807, 2.05) is 22.7 Å². The molecule has 0 spiro atoms. The number of carbonyl (C=O) groups is 1. The molecule has 1 saturated heterocycles. The minimum absolute atomic E-state index is 0. The number of Topliss-reactive ketones (excluding diaryl/α,β-unsaturated/α-hetero) is 1. The first-order chi connectivity index (χ1) is 13.7. The van der Waals surface area contributed by atoms with Gasteiger partial charge in [0.1, 0.15) is 5.78 Å². The first kappa shape index (κ1) is 19.7. The second-order valence-electron chi connectivity index (χ2n) is 8.00. The highest BCUT2D eigenvalue weighted by Crippen LogP contribution is 2.30. The van der Waals surface area contributed by atoms with Crippen LogP contribution < -0.4 is 0 Å². The summed E-state index contributed by atoms with van der Waals surface area (Å²) >= 11 is 0. The Labute approximate surface area is 171 Å². The number of rotatable bonds is 6. The Hall–Kier alpha value is -2.57. The maximum absolute atomic E-state index is 12.1. The quantitative estimate of drug-likeness (QED) is 0.698. The molecule has 1 aliphatic carbocycles. The fourth-order valence-corrected chi connectivity index (χ4v) is 3.94. The van der Waals surface area contributed by atoms with Crippen molar-refractivity contribution in [3.63, 3.8) is 0 Å². The normalized spacial score (nSPS) is 19.4. The minimum Gasteiger partial charge on any atom is -0.392 e. The Morgan fingerprint density at radius 3 is 2.59 bits per heavy atom. The largest absolute Gasteiger partial charge is 0.392 e. The number of benzene rings is 1. The third-order valence-electron chi connectivity index (χ3n) is 5.67. The molecule has 6 nitrogen and oxygen atoms in total. The van der Waals surface area contributed by atoms with E-state index in [1.54, 1.807) is 0 Å². The Morgan fingerprint density at radius 2 is 1.90 bits per heavy atom. The minimum atomic E-state index is -0.190. The van der Waals surface area contributed by atoms with Gasteiger partial charge in [0.15, 0.2) is 11.5 Å². The van der Waals surface area contributed by atoms with Gasteiger partial charge in [-0.3, -0.25) is 9.69 Å². The van der Waals surface area contributed by atoms with Crippen LogP contribution in [0.1, 0.15) is 38.1 Å². The number of pyridine rings is 1. The average Bonchev–Trinajstić information content (AvgIpc) is 3.35. The number of hydrogen-bond acceptors (Lipinski definition) is 5. The standard InChI is InChI=1S/C22H24N4O2.CH4/c27-18-10-11-25(14-18)13-15-4-6-16(7-5-15)19-2-1-3-22-23-21(24-26(19)22)12-20(28)17-8-9-17;/h1-7,17-18,27H,8-14H2;1H4/t18-;/m1./s1. The Morgan fingerprint density at radius 1 is 1.10 bits per heavy atom. The molecule has 2 fully saturated rings. The van der Waals surface area contributed by atoms with Gasteiger partial charge in [0, 0.05) is 31.1 Å². The van der Waals surface area contributed by atoms with Crippen molar-refractivity contribution in [1.29, 1.82) is 0 Å². The highest BCUT2D eigenvalue weighted by atomic mass is 16.3. The second kappa shape index (κ2) is 8.05. The van der Waals surface area contributed by atoms with Gasteiger partial charge in [-0.15, -0.1) is 0 Å². The lowest BCUT2D eigenvalue weighted by atomic mass is 10.1. The van der Waals surface area contributed by atoms with E-state index in [0.29, 0.717) is 12.2 Å². The van der Waals surface area contributed by atoms with Crippen molar-refractivity contribution in [3.8, 4) is 11.3 Å². The molecule has 1 aromatic carbocycles. The van der Waals surface area contributed by atoms with Crippen molar-refractivity contribution in [1.82, 2.24) is 19.5 Å². The molecule has 5 rings (SSSR count). The predicted molar refractivity (Wildman–Crippen MR) is 112 cm³/mol. The molecular weight excluding hydrogens is 364 g/mol. The van der Waals surface area contributed by atoms with Crippen LogP contribution in [0.25, 0.3) is 16.9 Å². The molecule has 29 heavy (non-hydrogen) atoms. The van der Waals surface area contributed by atoms with Crippen molar-refractivity contribution in [3.05, 3.63) is 53.9 Å². The molecule has 6 heteroatoms. The lowest BCUT2D eigenvalue weighted by Gasteiger charge is -2.15. The summed E-state index contributed by atoms with van der Waals surface area (Å²) in [5, 5.41) is 14.3. The molecule has 0 bridgehead atoms. The van der Waals surface area contributed by atoms with Gasteiger partial charge in [0.2, 0.25) is 0 Å². The molecule has 1 aliphatic heterocycles. The molecule has 2 aromatic heterocycles. The lowest BCUT2D eigenvalue weighted by molar-refractivity contribution is -0.119. The fraction of sp³-hybridized carbons (Fsp3) is 0.435. The number of carbonyl (C=O) groups excluding carboxylic acids is 1. The zero-order valence-corrected chi connectivity index (χ0v) is 15.8. The molecule has 3 aromatic rings. The molecule has 1 atom stereocenters. The SMILES string of the molecule is C.O=C(Cc1nc2cccc(-c3ccc(CN4CC[C@@H](O)C4)cc3)n2n1)C1CC1. The van der Waals surface area contributed by atoms with E-state index in [1.165, 1.54) is 5.56 Å². The van der Waals surface area contributed by atoms with E-state index in [4.69, 9.17) is 0 Å². The van der Waals surface area contributed by atoms with Crippen LogP contribution in [0.4, 0.5) is 0 Å². The van der Waals surface area contributed by atoms with Crippen molar-refractivity contribution in [2.75, 3.05) is 13.1 Å². The number of aliphatic hydroxyl groups excluding tert-OH is 1. The van der Waals surface area contributed by atoms with Crippen LogP contribution in [0, 0.1) is 5.92 Å². The molecule has 2 aliphatic rings. The van der Waals surface area contributed by atoms with Crippen LogP contribution >= 0.6 is 0 Å². The van der Waals surface area contributed by atoms with Gasteiger partial charge in [-0.25, -0.2) is 9.50 Å². The van der Waals surface area contributed by atoms with Gasteiger partial charge in [0.25, 0.3) is 0 Å². The summed E-state index contributed by atoms with van der Waals surface area (Å²) in [7, 11) is 0. The van der Waals surface area contributed by atoms with E-state index >= 15 is 0 Å². The highest BCUT2D eigenvalue weighted by molar-refractivity contribution is 5.84. The van der Waals surface area contributed by atoms with Crippen LogP contribution in [0.5, 0.6) is 0 Å². The van der Waals surface area contributed by atoms with Gasteiger partial charge < -0.3 is 5.11 Å². The highest BCUT2D eigenvalue weighted by Gasteiger charge is 2.30. The summed E-state index contributed by atoms with van der Waals surface area (Å²) < 4.78 is 1.83. The monoisotopic (exact) mass is 392 g/mol. The van der Waals surface area contributed by atoms with Crippen LogP contribution in [0.3, 0.4) is 0 Å². The molecular formula is C23H28N4O2. The first-order valence-electron chi connectivity index (χ1n) is 10.0. The summed E-state index contributed by atoms with van der Waals surface area (Å²) in [6, 6.07) is 14.4. The summed E-state index contributed by atoms with van der Waals surface area (Å²) in [5.74, 6) is 1.10. The number of aromatic nitrogens is 3. The third-order valence-corrected chi connectivity index (χ3v) is 5.67. The maximum atomic E-state index is 12.1. The van der Waals surface area contributed by atoms with Gasteiger partial charge in [-0.2, -0.15) is 5.10 Å². The summed E-state index contributed by atoms with van der Waals surface area (Å²) in [5.41, 5.74) is 4.05. The van der Waals surface area contributed by atoms with Crippen molar-refractivity contribution in [2.45, 2.75) is 45.8 Å². The van der Waals surface area contributed by atoms with E-state index in [-0.39, 0.29) is 25.2 Å². The van der Waals surface area contributed by atoms with Gasteiger partial charge in [0.05, 0.1) is 18.2 Å². The zero-order chi connectivity index (χ0) is 19.1. The van der Waals surface area contributed by atoms with Crippen molar-refractivity contribution >= 4 is 11.4 Å². The Bertz CT molecular complexity index is 1010. The van der Waals surface area contributed by atoms with Crippen LogP contribution in [-0.4, -0.2) is 49.6 Å². The zero-order valence-electron chi connectivity index (χ0n) is 15.8. The number of β-amino-alcohol motifs (C(OH)–C–C–N with tert-alkyl or cyclic N) is 1.